The molecule has 1 fully saturated rings. The number of hydrogen-bond acceptors (Lipinski definition) is 3. The average molecular weight is 182 g/mol. The second-order valence-electron chi connectivity index (χ2n) is 2.70. The number of amides is 1. The lowest BCUT2D eigenvalue weighted by atomic mass is 10.3. The standard InChI is InChI=1S/C8H10N2OS/c11-8-5-9-2-3-10(8)7-1-4-12-6-7/h1,4,6,9H,2-3,5H2. The predicted octanol–water partition coefficient (Wildman–Crippen LogP) is 0.684. The van der Waals surface area contributed by atoms with E-state index in [1.165, 1.54) is 0 Å². The normalized spacial score (nSPS) is 18.3. The van der Waals surface area contributed by atoms with Crippen LogP contribution in [0.4, 0.5) is 5.69 Å². The Labute approximate surface area is 75.0 Å². The molecule has 0 aromatic carbocycles. The zero-order valence-electron chi connectivity index (χ0n) is 6.62. The summed E-state index contributed by atoms with van der Waals surface area (Å²) >= 11 is 1.62. The fourth-order valence-corrected chi connectivity index (χ4v) is 1.93. The summed E-state index contributed by atoms with van der Waals surface area (Å²) in [5, 5.41) is 7.03. The van der Waals surface area contributed by atoms with Crippen LogP contribution in [0, 0.1) is 0 Å². The van der Waals surface area contributed by atoms with Gasteiger partial charge < -0.3 is 10.2 Å². The fraction of sp³-hybridized carbons (Fsp3) is 0.375. The van der Waals surface area contributed by atoms with E-state index in [9.17, 15) is 4.79 Å². The third-order valence-corrected chi connectivity index (χ3v) is 2.58. The van der Waals surface area contributed by atoms with Crippen LogP contribution in [0.5, 0.6) is 0 Å². The molecule has 1 aliphatic rings. The van der Waals surface area contributed by atoms with Gasteiger partial charge in [-0.05, 0) is 11.4 Å². The molecule has 2 heterocycles. The first-order valence-corrected chi connectivity index (χ1v) is 4.85. The van der Waals surface area contributed by atoms with Crippen molar-refractivity contribution in [3.05, 3.63) is 16.8 Å². The van der Waals surface area contributed by atoms with Gasteiger partial charge in [0.2, 0.25) is 5.91 Å². The first-order valence-electron chi connectivity index (χ1n) is 3.91. The van der Waals surface area contributed by atoms with Gasteiger partial charge in [-0.1, -0.05) is 0 Å². The smallest absolute Gasteiger partial charge is 0.241 e. The first-order chi connectivity index (χ1) is 5.88. The van der Waals surface area contributed by atoms with Crippen LogP contribution in [-0.2, 0) is 4.79 Å². The molecule has 1 amide bonds. The predicted molar refractivity (Wildman–Crippen MR) is 49.5 cm³/mol. The van der Waals surface area contributed by atoms with Crippen molar-refractivity contribution < 1.29 is 4.79 Å². The van der Waals surface area contributed by atoms with Crippen LogP contribution in [0.15, 0.2) is 16.8 Å². The zero-order valence-corrected chi connectivity index (χ0v) is 7.43. The summed E-state index contributed by atoms with van der Waals surface area (Å²) in [7, 11) is 0. The molecule has 0 bridgehead atoms. The molecule has 3 nitrogen and oxygen atoms in total. The molecule has 1 N–H and O–H groups in total. The molecule has 0 atom stereocenters. The fourth-order valence-electron chi connectivity index (χ4n) is 1.29. The molecule has 2 rings (SSSR count). The summed E-state index contributed by atoms with van der Waals surface area (Å²) in [4.78, 5) is 13.2. The quantitative estimate of drug-likeness (QED) is 0.693. The Kier molecular flexibility index (Phi) is 2.10. The average Bonchev–Trinajstić information content (AvgIpc) is 2.57. The summed E-state index contributed by atoms with van der Waals surface area (Å²) < 4.78 is 0. The summed E-state index contributed by atoms with van der Waals surface area (Å²) in [6.45, 7) is 2.15. The van der Waals surface area contributed by atoms with Crippen molar-refractivity contribution in [1.29, 1.82) is 0 Å². The van der Waals surface area contributed by atoms with Crippen LogP contribution in [0.1, 0.15) is 0 Å². The lowest BCUT2D eigenvalue weighted by molar-refractivity contribution is -0.118. The van der Waals surface area contributed by atoms with Crippen molar-refractivity contribution in [3.63, 3.8) is 0 Å². The molecule has 12 heavy (non-hydrogen) atoms. The topological polar surface area (TPSA) is 32.3 Å². The van der Waals surface area contributed by atoms with Crippen LogP contribution in [0.3, 0.4) is 0 Å². The Morgan fingerprint density at radius 1 is 1.58 bits per heavy atom. The molecular formula is C8H10N2OS. The van der Waals surface area contributed by atoms with Gasteiger partial charge in [-0.25, -0.2) is 0 Å². The van der Waals surface area contributed by atoms with Crippen molar-refractivity contribution in [2.75, 3.05) is 24.5 Å². The Bertz CT molecular complexity index is 271. The maximum Gasteiger partial charge on any atom is 0.241 e. The second-order valence-corrected chi connectivity index (χ2v) is 3.48. The lowest BCUT2D eigenvalue weighted by Crippen LogP contribution is -2.48. The van der Waals surface area contributed by atoms with Crippen molar-refractivity contribution in [2.45, 2.75) is 0 Å². The van der Waals surface area contributed by atoms with Crippen LogP contribution >= 0.6 is 11.3 Å². The largest absolute Gasteiger partial charge is 0.309 e. The minimum Gasteiger partial charge on any atom is -0.309 e. The van der Waals surface area contributed by atoms with Crippen LogP contribution in [0.25, 0.3) is 0 Å². The SMILES string of the molecule is O=C1CNCCN1c1ccsc1. The van der Waals surface area contributed by atoms with Gasteiger partial charge in [-0.2, -0.15) is 11.3 Å². The molecule has 1 aromatic rings. The van der Waals surface area contributed by atoms with E-state index in [2.05, 4.69) is 5.32 Å². The third-order valence-electron chi connectivity index (χ3n) is 1.91. The molecule has 64 valence electrons. The maximum absolute atomic E-state index is 11.4. The molecule has 0 saturated carbocycles. The van der Waals surface area contributed by atoms with E-state index in [-0.39, 0.29) is 5.91 Å². The molecule has 1 aliphatic heterocycles. The highest BCUT2D eigenvalue weighted by Gasteiger charge is 2.18. The van der Waals surface area contributed by atoms with E-state index < -0.39 is 0 Å². The summed E-state index contributed by atoms with van der Waals surface area (Å²) in [6.07, 6.45) is 0. The van der Waals surface area contributed by atoms with Gasteiger partial charge in [-0.15, -0.1) is 0 Å². The summed E-state index contributed by atoms with van der Waals surface area (Å²) in [5.41, 5.74) is 1.03. The minimum absolute atomic E-state index is 0.166. The van der Waals surface area contributed by atoms with Gasteiger partial charge in [0.05, 0.1) is 12.2 Å². The van der Waals surface area contributed by atoms with Gasteiger partial charge in [0.15, 0.2) is 0 Å². The molecule has 1 saturated heterocycles. The number of thiophene rings is 1. The number of nitrogens with one attached hydrogen (secondary N) is 1. The third kappa shape index (κ3) is 1.35. The molecular weight excluding hydrogens is 172 g/mol. The minimum atomic E-state index is 0.166. The number of piperazine rings is 1. The molecule has 1 aromatic heterocycles. The van der Waals surface area contributed by atoms with E-state index in [4.69, 9.17) is 0 Å². The molecule has 0 radical (unpaired) electrons. The molecule has 0 spiro atoms. The van der Waals surface area contributed by atoms with Gasteiger partial charge >= 0.3 is 0 Å². The molecule has 0 aliphatic carbocycles. The van der Waals surface area contributed by atoms with Crippen molar-refractivity contribution in [1.82, 2.24) is 5.32 Å². The van der Waals surface area contributed by atoms with Crippen LogP contribution in [-0.4, -0.2) is 25.5 Å². The number of rotatable bonds is 1. The highest BCUT2D eigenvalue weighted by molar-refractivity contribution is 7.08. The van der Waals surface area contributed by atoms with Gasteiger partial charge in [0.25, 0.3) is 0 Å². The highest BCUT2D eigenvalue weighted by Crippen LogP contribution is 2.18. The van der Waals surface area contributed by atoms with Crippen molar-refractivity contribution in [2.24, 2.45) is 0 Å². The van der Waals surface area contributed by atoms with Gasteiger partial charge in [0.1, 0.15) is 0 Å². The first kappa shape index (κ1) is 7.76. The Morgan fingerprint density at radius 3 is 3.17 bits per heavy atom. The Hall–Kier alpha value is -0.870. The summed E-state index contributed by atoms with van der Waals surface area (Å²) in [5.74, 6) is 0.166. The van der Waals surface area contributed by atoms with E-state index in [0.29, 0.717) is 6.54 Å². The monoisotopic (exact) mass is 182 g/mol. The number of carbonyl (C=O) groups is 1. The van der Waals surface area contributed by atoms with E-state index in [1.54, 1.807) is 11.3 Å². The highest BCUT2D eigenvalue weighted by atomic mass is 32.1. The van der Waals surface area contributed by atoms with Gasteiger partial charge in [-0.3, -0.25) is 4.79 Å². The molecule has 4 heteroatoms. The van der Waals surface area contributed by atoms with Gasteiger partial charge in [0, 0.05) is 18.5 Å². The van der Waals surface area contributed by atoms with E-state index in [1.807, 2.05) is 21.7 Å². The maximum atomic E-state index is 11.4. The lowest BCUT2D eigenvalue weighted by Gasteiger charge is -2.26. The van der Waals surface area contributed by atoms with E-state index >= 15 is 0 Å². The Morgan fingerprint density at radius 2 is 2.50 bits per heavy atom. The number of carbonyl (C=O) groups excluding carboxylic acids is 1. The Balaban J connectivity index is 2.17. The van der Waals surface area contributed by atoms with Crippen molar-refractivity contribution >= 4 is 22.9 Å². The van der Waals surface area contributed by atoms with Crippen LogP contribution < -0.4 is 10.2 Å². The number of hydrogen-bond donors (Lipinski definition) is 1. The summed E-state index contributed by atoms with van der Waals surface area (Å²) in [6, 6.07) is 1.98. The second kappa shape index (κ2) is 3.25. The number of nitrogens with zero attached hydrogens (tertiary/aromatic N) is 1. The zero-order chi connectivity index (χ0) is 8.39. The molecule has 0 unspecified atom stereocenters. The van der Waals surface area contributed by atoms with E-state index in [0.717, 1.165) is 18.8 Å². The van der Waals surface area contributed by atoms with Crippen LogP contribution in [0.2, 0.25) is 0 Å². The van der Waals surface area contributed by atoms with Crippen molar-refractivity contribution in [3.8, 4) is 0 Å². The number of anilines is 1.